The van der Waals surface area contributed by atoms with Crippen molar-refractivity contribution in [3.05, 3.63) is 11.6 Å². The lowest BCUT2D eigenvalue weighted by atomic mass is 9.80. The molecular weight excluding hydrogens is 136 g/mol. The molecule has 0 aromatic heterocycles. The Balaban J connectivity index is 0.000000461. The zero-order valence-corrected chi connectivity index (χ0v) is 7.81. The van der Waals surface area contributed by atoms with Gasteiger partial charge in [-0.2, -0.15) is 0 Å². The van der Waals surface area contributed by atoms with Gasteiger partial charge in [-0.15, -0.1) is 0 Å². The van der Waals surface area contributed by atoms with Crippen LogP contribution >= 0.6 is 0 Å². The second kappa shape index (κ2) is 4.32. The molecule has 64 valence electrons. The summed E-state index contributed by atoms with van der Waals surface area (Å²) in [5.41, 5.74) is 2.06. The van der Waals surface area contributed by atoms with E-state index >= 15 is 0 Å². The van der Waals surface area contributed by atoms with Gasteiger partial charge in [0, 0.05) is 0 Å². The normalized spacial score (nSPS) is 21.2. The van der Waals surface area contributed by atoms with Crippen molar-refractivity contribution in [1.29, 1.82) is 0 Å². The molecule has 0 radical (unpaired) electrons. The highest BCUT2D eigenvalue weighted by Gasteiger charge is 2.17. The number of rotatable bonds is 0. The monoisotopic (exact) mass is 154 g/mol. The maximum atomic E-state index is 8.00. The number of carbonyl (C=O) groups is 1. The molecule has 0 aliphatic heterocycles. The fourth-order valence-electron chi connectivity index (χ4n) is 1.63. The van der Waals surface area contributed by atoms with E-state index in [-0.39, 0.29) is 0 Å². The number of carbonyl (C=O) groups excluding carboxylic acids is 1. The Bertz CT molecular complexity index is 145. The Morgan fingerprint density at radius 2 is 2.00 bits per heavy atom. The molecule has 0 heterocycles. The molecule has 0 atom stereocenters. The summed E-state index contributed by atoms with van der Waals surface area (Å²) in [6.45, 7) is 8.87. The van der Waals surface area contributed by atoms with Crippen LogP contribution in [-0.2, 0) is 4.79 Å². The van der Waals surface area contributed by atoms with E-state index in [4.69, 9.17) is 4.79 Å². The Morgan fingerprint density at radius 3 is 2.27 bits per heavy atom. The van der Waals surface area contributed by atoms with Crippen molar-refractivity contribution in [2.24, 2.45) is 5.41 Å². The van der Waals surface area contributed by atoms with Gasteiger partial charge < -0.3 is 4.79 Å². The first kappa shape index (κ1) is 10.4. The average molecular weight is 154 g/mol. The van der Waals surface area contributed by atoms with Crippen molar-refractivity contribution in [3.63, 3.8) is 0 Å². The van der Waals surface area contributed by atoms with E-state index in [0.717, 1.165) is 0 Å². The van der Waals surface area contributed by atoms with Crippen LogP contribution in [0, 0.1) is 5.41 Å². The minimum atomic E-state index is 0.488. The molecule has 0 fully saturated rings. The fourth-order valence-corrected chi connectivity index (χ4v) is 1.63. The second-order valence-electron chi connectivity index (χ2n) is 3.83. The third-order valence-corrected chi connectivity index (χ3v) is 2.03. The summed E-state index contributed by atoms with van der Waals surface area (Å²) in [6.07, 6.45) is 6.49. The summed E-state index contributed by atoms with van der Waals surface area (Å²) in [6, 6.07) is 0. The zero-order chi connectivity index (χ0) is 8.91. The molecule has 0 spiro atoms. The van der Waals surface area contributed by atoms with Gasteiger partial charge in [0.2, 0.25) is 0 Å². The maximum absolute atomic E-state index is 8.00. The summed E-state index contributed by atoms with van der Waals surface area (Å²) in [5.74, 6) is 0. The lowest BCUT2D eigenvalue weighted by Gasteiger charge is -2.25. The third kappa shape index (κ3) is 3.97. The number of hydrogen-bond donors (Lipinski definition) is 0. The van der Waals surface area contributed by atoms with Gasteiger partial charge in [0.05, 0.1) is 0 Å². The van der Waals surface area contributed by atoms with Crippen LogP contribution < -0.4 is 0 Å². The van der Waals surface area contributed by atoms with Crippen molar-refractivity contribution in [3.8, 4) is 0 Å². The fraction of sp³-hybridized carbons (Fsp3) is 0.700. The molecule has 0 N–H and O–H groups in total. The van der Waals surface area contributed by atoms with Crippen LogP contribution in [-0.4, -0.2) is 6.79 Å². The van der Waals surface area contributed by atoms with Gasteiger partial charge >= 0.3 is 0 Å². The SMILES string of the molecule is C=O.CC1=CC(C)(C)CCC1. The summed E-state index contributed by atoms with van der Waals surface area (Å²) in [5, 5.41) is 0. The largest absolute Gasteiger partial charge is 0.307 e. The summed E-state index contributed by atoms with van der Waals surface area (Å²) < 4.78 is 0. The standard InChI is InChI=1S/C9H16.CH2O/c1-8-5-4-6-9(2,3)7-8;1-2/h7H,4-6H2,1-3H3;1H2. The van der Waals surface area contributed by atoms with Crippen LogP contribution in [0.2, 0.25) is 0 Å². The molecule has 1 aliphatic rings. The highest BCUT2D eigenvalue weighted by atomic mass is 16.1. The van der Waals surface area contributed by atoms with Crippen LogP contribution in [0.4, 0.5) is 0 Å². The summed E-state index contributed by atoms with van der Waals surface area (Å²) >= 11 is 0. The van der Waals surface area contributed by atoms with Gasteiger partial charge in [0.25, 0.3) is 0 Å². The molecule has 0 aromatic rings. The van der Waals surface area contributed by atoms with E-state index < -0.39 is 0 Å². The summed E-state index contributed by atoms with van der Waals surface area (Å²) in [4.78, 5) is 8.00. The summed E-state index contributed by atoms with van der Waals surface area (Å²) in [7, 11) is 0. The maximum Gasteiger partial charge on any atom is 0.106 e. The molecule has 0 saturated carbocycles. The average Bonchev–Trinajstić information content (AvgIpc) is 1.89. The van der Waals surface area contributed by atoms with Crippen molar-refractivity contribution >= 4 is 6.79 Å². The van der Waals surface area contributed by atoms with E-state index in [9.17, 15) is 0 Å². The minimum absolute atomic E-state index is 0.488. The molecule has 0 bridgehead atoms. The molecule has 1 rings (SSSR count). The first-order chi connectivity index (χ1) is 5.10. The van der Waals surface area contributed by atoms with E-state index in [0.29, 0.717) is 5.41 Å². The topological polar surface area (TPSA) is 17.1 Å². The Kier molecular flexibility index (Phi) is 4.09. The van der Waals surface area contributed by atoms with Crippen LogP contribution in [0.5, 0.6) is 0 Å². The van der Waals surface area contributed by atoms with E-state index in [2.05, 4.69) is 26.8 Å². The molecule has 11 heavy (non-hydrogen) atoms. The zero-order valence-electron chi connectivity index (χ0n) is 7.81. The van der Waals surface area contributed by atoms with Crippen LogP contribution in [0.25, 0.3) is 0 Å². The first-order valence-corrected chi connectivity index (χ1v) is 4.07. The third-order valence-electron chi connectivity index (χ3n) is 2.03. The van der Waals surface area contributed by atoms with Crippen molar-refractivity contribution in [1.82, 2.24) is 0 Å². The van der Waals surface area contributed by atoms with Gasteiger partial charge in [-0.05, 0) is 31.6 Å². The quantitative estimate of drug-likeness (QED) is 0.490. The number of allylic oxidation sites excluding steroid dienone is 2. The smallest absolute Gasteiger partial charge is 0.106 e. The van der Waals surface area contributed by atoms with Gasteiger partial charge in [0.15, 0.2) is 0 Å². The number of hydrogen-bond acceptors (Lipinski definition) is 1. The lowest BCUT2D eigenvalue weighted by Crippen LogP contribution is -2.11. The van der Waals surface area contributed by atoms with Crippen molar-refractivity contribution in [2.45, 2.75) is 40.0 Å². The molecule has 0 amide bonds. The van der Waals surface area contributed by atoms with E-state index in [1.165, 1.54) is 19.3 Å². The van der Waals surface area contributed by atoms with Gasteiger partial charge in [-0.3, -0.25) is 0 Å². The Morgan fingerprint density at radius 1 is 1.45 bits per heavy atom. The van der Waals surface area contributed by atoms with Crippen LogP contribution in [0.1, 0.15) is 40.0 Å². The highest BCUT2D eigenvalue weighted by Crippen LogP contribution is 2.32. The van der Waals surface area contributed by atoms with Crippen molar-refractivity contribution < 1.29 is 4.79 Å². The Hall–Kier alpha value is -0.590. The second-order valence-corrected chi connectivity index (χ2v) is 3.83. The predicted molar refractivity (Wildman–Crippen MR) is 48.5 cm³/mol. The van der Waals surface area contributed by atoms with Crippen molar-refractivity contribution in [2.75, 3.05) is 0 Å². The molecule has 0 saturated heterocycles. The van der Waals surface area contributed by atoms with Crippen LogP contribution in [0.15, 0.2) is 11.6 Å². The molecule has 1 nitrogen and oxygen atoms in total. The molecule has 0 aromatic carbocycles. The lowest BCUT2D eigenvalue weighted by molar-refractivity contribution is -0.0979. The molecular formula is C10H18O. The molecule has 0 unspecified atom stereocenters. The van der Waals surface area contributed by atoms with E-state index in [1.54, 1.807) is 5.57 Å². The van der Waals surface area contributed by atoms with Gasteiger partial charge in [-0.25, -0.2) is 0 Å². The predicted octanol–water partition coefficient (Wildman–Crippen LogP) is 2.96. The molecule has 1 heteroatoms. The minimum Gasteiger partial charge on any atom is -0.307 e. The van der Waals surface area contributed by atoms with Gasteiger partial charge in [-0.1, -0.05) is 25.5 Å². The molecule has 1 aliphatic carbocycles. The Labute approximate surface area is 69.5 Å². The first-order valence-electron chi connectivity index (χ1n) is 4.07. The highest BCUT2D eigenvalue weighted by molar-refractivity contribution is 5.11. The van der Waals surface area contributed by atoms with Gasteiger partial charge in [0.1, 0.15) is 6.79 Å². The van der Waals surface area contributed by atoms with E-state index in [1.807, 2.05) is 6.79 Å². The van der Waals surface area contributed by atoms with Crippen LogP contribution in [0.3, 0.4) is 0 Å².